The number of hydrogen-bond donors (Lipinski definition) is 0. The van der Waals surface area contributed by atoms with Gasteiger partial charge in [-0.05, 0) is 54.5 Å². The number of rotatable bonds is 10. The van der Waals surface area contributed by atoms with E-state index in [2.05, 4.69) is 119 Å². The zero-order chi connectivity index (χ0) is 28.1. The van der Waals surface area contributed by atoms with Crippen molar-refractivity contribution in [1.82, 2.24) is 0 Å². The Labute approximate surface area is 229 Å². The summed E-state index contributed by atoms with van der Waals surface area (Å²) in [6.45, 7) is 25.1. The molecule has 0 bridgehead atoms. The maximum Gasteiger partial charge on any atom is 0.188 e. The molecule has 2 rings (SSSR count). The van der Waals surface area contributed by atoms with Crippen molar-refractivity contribution in [3.8, 4) is 5.75 Å². The third kappa shape index (κ3) is 8.93. The largest absolute Gasteiger partial charge is 0.467 e. The Kier molecular flexibility index (Phi) is 10.6. The maximum atomic E-state index is 6.45. The molecule has 2 atom stereocenters. The van der Waals surface area contributed by atoms with E-state index < -0.39 is 0 Å². The molecule has 0 N–H and O–H groups in total. The molecule has 0 aliphatic carbocycles. The fraction of sp³-hybridized carbons (Fsp3) is 0.606. The summed E-state index contributed by atoms with van der Waals surface area (Å²) in [5.74, 6) is 0.995. The fourth-order valence-corrected chi connectivity index (χ4v) is 6.07. The van der Waals surface area contributed by atoms with E-state index in [0.29, 0.717) is 8.58 Å². The summed E-state index contributed by atoms with van der Waals surface area (Å²) in [6, 6.07) is 13.5. The van der Waals surface area contributed by atoms with Gasteiger partial charge in [0.05, 0.1) is 5.54 Å². The minimum atomic E-state index is -0.106. The van der Waals surface area contributed by atoms with Gasteiger partial charge in [-0.1, -0.05) is 113 Å². The SMILES string of the molecule is CCCCC(C)(Pc1ccccc1/C=N/C(C)(C)C)c1cc(C(C)(C)C)cc(C(C)(C)C)c1OCOC. The highest BCUT2D eigenvalue weighted by Crippen LogP contribution is 2.52. The second-order valence-electron chi connectivity index (χ2n) is 13.5. The Hall–Kier alpha value is -1.70. The average molecular weight is 526 g/mol. The predicted molar refractivity (Wildman–Crippen MR) is 165 cm³/mol. The molecule has 37 heavy (non-hydrogen) atoms. The number of benzene rings is 2. The number of nitrogens with zero attached hydrogens (tertiary/aromatic N) is 1. The van der Waals surface area contributed by atoms with Crippen LogP contribution in [0.25, 0.3) is 0 Å². The summed E-state index contributed by atoms with van der Waals surface area (Å²) in [4.78, 5) is 4.84. The minimum Gasteiger partial charge on any atom is -0.467 e. The van der Waals surface area contributed by atoms with Crippen LogP contribution in [0.2, 0.25) is 0 Å². The molecule has 0 aliphatic heterocycles. The monoisotopic (exact) mass is 525 g/mol. The third-order valence-electron chi connectivity index (χ3n) is 6.67. The lowest BCUT2D eigenvalue weighted by Crippen LogP contribution is -2.26. The summed E-state index contributed by atoms with van der Waals surface area (Å²) >= 11 is 0. The molecule has 0 amide bonds. The lowest BCUT2D eigenvalue weighted by atomic mass is 9.76. The van der Waals surface area contributed by atoms with Crippen LogP contribution in [0.5, 0.6) is 5.75 Å². The van der Waals surface area contributed by atoms with Crippen LogP contribution in [-0.4, -0.2) is 25.7 Å². The van der Waals surface area contributed by atoms with Crippen molar-refractivity contribution in [3.05, 3.63) is 58.7 Å². The van der Waals surface area contributed by atoms with E-state index in [1.807, 2.05) is 0 Å². The predicted octanol–water partition coefficient (Wildman–Crippen LogP) is 8.89. The Morgan fingerprint density at radius 1 is 0.865 bits per heavy atom. The van der Waals surface area contributed by atoms with Gasteiger partial charge in [-0.25, -0.2) is 0 Å². The lowest BCUT2D eigenvalue weighted by molar-refractivity contribution is 0.0486. The Morgan fingerprint density at radius 3 is 2.03 bits per heavy atom. The highest BCUT2D eigenvalue weighted by atomic mass is 31.1. The molecule has 3 nitrogen and oxygen atoms in total. The van der Waals surface area contributed by atoms with E-state index in [9.17, 15) is 0 Å². The molecule has 2 aromatic carbocycles. The first kappa shape index (κ1) is 31.5. The van der Waals surface area contributed by atoms with E-state index in [1.54, 1.807) is 7.11 Å². The molecule has 0 aromatic heterocycles. The number of ether oxygens (including phenoxy) is 2. The van der Waals surface area contributed by atoms with Gasteiger partial charge in [-0.15, -0.1) is 0 Å². The van der Waals surface area contributed by atoms with Crippen LogP contribution >= 0.6 is 8.58 Å². The van der Waals surface area contributed by atoms with Gasteiger partial charge < -0.3 is 9.47 Å². The van der Waals surface area contributed by atoms with Gasteiger partial charge in [0, 0.05) is 29.6 Å². The average Bonchev–Trinajstić information content (AvgIpc) is 2.78. The minimum absolute atomic E-state index is 0.0284. The molecular formula is C33H52NO2P. The molecule has 0 saturated heterocycles. The van der Waals surface area contributed by atoms with Crippen LogP contribution in [-0.2, 0) is 20.7 Å². The molecule has 0 radical (unpaired) electrons. The highest BCUT2D eigenvalue weighted by molar-refractivity contribution is 7.48. The molecule has 0 aliphatic rings. The van der Waals surface area contributed by atoms with Gasteiger partial charge in [0.15, 0.2) is 6.79 Å². The van der Waals surface area contributed by atoms with E-state index in [0.717, 1.165) is 25.0 Å². The molecule has 0 saturated carbocycles. The topological polar surface area (TPSA) is 30.8 Å². The van der Waals surface area contributed by atoms with Crippen LogP contribution in [0.3, 0.4) is 0 Å². The van der Waals surface area contributed by atoms with Crippen LogP contribution in [0, 0.1) is 0 Å². The van der Waals surface area contributed by atoms with Crippen LogP contribution < -0.4 is 10.0 Å². The number of hydrogen-bond acceptors (Lipinski definition) is 3. The standard InChI is InChI=1S/C33H52NO2P/c1-13-14-19-33(11,37-28-18-16-15-17-24(28)22-34-32(8,9)10)27-21-25(30(2,3)4)20-26(31(5,6)7)29(27)36-23-35-12/h15-18,20-22,37H,13-14,19,23H2,1-12H3/b34-22+. The second-order valence-corrected chi connectivity index (χ2v) is 15.4. The van der Waals surface area contributed by atoms with E-state index in [1.165, 1.54) is 27.6 Å². The highest BCUT2D eigenvalue weighted by Gasteiger charge is 2.35. The molecular weight excluding hydrogens is 473 g/mol. The normalized spacial score (nSPS) is 15.0. The van der Waals surface area contributed by atoms with Crippen molar-refractivity contribution in [3.63, 3.8) is 0 Å². The Bertz CT molecular complexity index is 1050. The summed E-state index contributed by atoms with van der Waals surface area (Å²) in [7, 11) is 2.27. The second kappa shape index (κ2) is 12.4. The summed E-state index contributed by atoms with van der Waals surface area (Å²) in [6.07, 6.45) is 5.48. The van der Waals surface area contributed by atoms with Crippen LogP contribution in [0.4, 0.5) is 0 Å². The molecule has 0 heterocycles. The third-order valence-corrected chi connectivity index (χ3v) is 8.47. The van der Waals surface area contributed by atoms with E-state index >= 15 is 0 Å². The van der Waals surface area contributed by atoms with Gasteiger partial charge in [-0.2, -0.15) is 0 Å². The molecule has 206 valence electrons. The fourth-order valence-electron chi connectivity index (χ4n) is 4.38. The number of unbranched alkanes of at least 4 members (excludes halogenated alkanes) is 1. The lowest BCUT2D eigenvalue weighted by Gasteiger charge is -2.37. The van der Waals surface area contributed by atoms with Crippen molar-refractivity contribution in [2.24, 2.45) is 4.99 Å². The quantitative estimate of drug-likeness (QED) is 0.176. The van der Waals surface area contributed by atoms with Crippen molar-refractivity contribution in [1.29, 1.82) is 0 Å². The van der Waals surface area contributed by atoms with Gasteiger partial charge in [0.1, 0.15) is 5.75 Å². The van der Waals surface area contributed by atoms with Crippen molar-refractivity contribution in [2.45, 2.75) is 117 Å². The first-order chi connectivity index (χ1) is 17.0. The summed E-state index contributed by atoms with van der Waals surface area (Å²) in [5, 5.41) is 1.26. The Morgan fingerprint density at radius 2 is 1.49 bits per heavy atom. The van der Waals surface area contributed by atoms with Gasteiger partial charge in [0.25, 0.3) is 0 Å². The molecule has 2 aromatic rings. The molecule has 0 spiro atoms. The smallest absolute Gasteiger partial charge is 0.188 e. The summed E-state index contributed by atoms with van der Waals surface area (Å²) in [5.41, 5.74) is 4.98. The molecule has 2 unspecified atom stereocenters. The molecule has 0 fully saturated rings. The Balaban J connectivity index is 2.83. The van der Waals surface area contributed by atoms with Gasteiger partial charge in [-0.3, -0.25) is 4.99 Å². The van der Waals surface area contributed by atoms with Gasteiger partial charge >= 0.3 is 0 Å². The van der Waals surface area contributed by atoms with Crippen LogP contribution in [0.15, 0.2) is 41.4 Å². The van der Waals surface area contributed by atoms with Crippen molar-refractivity contribution in [2.75, 3.05) is 13.9 Å². The van der Waals surface area contributed by atoms with E-state index in [-0.39, 0.29) is 28.3 Å². The maximum absolute atomic E-state index is 6.45. The van der Waals surface area contributed by atoms with Gasteiger partial charge in [0.2, 0.25) is 0 Å². The zero-order valence-electron chi connectivity index (χ0n) is 25.6. The molecule has 4 heteroatoms. The number of methoxy groups -OCH3 is 1. The van der Waals surface area contributed by atoms with Crippen molar-refractivity contribution < 1.29 is 9.47 Å². The summed E-state index contributed by atoms with van der Waals surface area (Å²) < 4.78 is 11.9. The van der Waals surface area contributed by atoms with Crippen LogP contribution in [0.1, 0.15) is 118 Å². The number of aliphatic imine (C=N–C) groups is 1. The van der Waals surface area contributed by atoms with E-state index in [4.69, 9.17) is 14.5 Å². The zero-order valence-corrected chi connectivity index (χ0v) is 26.6. The van der Waals surface area contributed by atoms with Crippen molar-refractivity contribution >= 4 is 20.1 Å². The first-order valence-electron chi connectivity index (χ1n) is 13.8. The first-order valence-corrected chi connectivity index (χ1v) is 14.8.